The number of carboxylic acids is 2. The van der Waals surface area contributed by atoms with Crippen LogP contribution in [0, 0.1) is 5.21 Å². The molecular weight excluding hydrogens is 314 g/mol. The molecule has 1 aliphatic heterocycles. The van der Waals surface area contributed by atoms with E-state index in [4.69, 9.17) is 10.2 Å². The van der Waals surface area contributed by atoms with Crippen LogP contribution in [0.4, 0.5) is 0 Å². The van der Waals surface area contributed by atoms with Gasteiger partial charge in [-0.25, -0.2) is 0 Å². The van der Waals surface area contributed by atoms with Crippen molar-refractivity contribution in [2.24, 2.45) is 0 Å². The highest BCUT2D eigenvalue weighted by Crippen LogP contribution is 2.39. The van der Waals surface area contributed by atoms with Crippen LogP contribution in [-0.2, 0) is 9.59 Å². The minimum absolute atomic E-state index is 0.149. The summed E-state index contributed by atoms with van der Waals surface area (Å²) in [5.74, 6) is -1.11. The third-order valence-electron chi connectivity index (χ3n) is 3.40. The van der Waals surface area contributed by atoms with Crippen molar-refractivity contribution in [3.05, 3.63) is 5.21 Å². The molecule has 0 amide bonds. The van der Waals surface area contributed by atoms with E-state index in [1.165, 1.54) is 12.2 Å². The fraction of sp³-hybridized carbons (Fsp3) is 0.846. The van der Waals surface area contributed by atoms with Crippen molar-refractivity contribution < 1.29 is 19.8 Å². The normalized spacial score (nSPS) is 19.8. The number of hydrogen-bond donors (Lipinski definition) is 2. The summed E-state index contributed by atoms with van der Waals surface area (Å²) in [6.07, 6.45) is 4.57. The molecule has 1 rings (SSSR count). The number of carbonyl (C=O) groups is 2. The molecule has 1 unspecified atom stereocenters. The Morgan fingerprint density at radius 1 is 1.29 bits per heavy atom. The van der Waals surface area contributed by atoms with Crippen molar-refractivity contribution in [1.82, 2.24) is 5.06 Å². The van der Waals surface area contributed by atoms with E-state index in [9.17, 15) is 14.8 Å². The van der Waals surface area contributed by atoms with Gasteiger partial charge in [-0.2, -0.15) is 0 Å². The largest absolute Gasteiger partial charge is 0.785 e. The lowest BCUT2D eigenvalue weighted by atomic mass is 10.1. The zero-order valence-electron chi connectivity index (χ0n) is 11.9. The Kier molecular flexibility index (Phi) is 9.14. The van der Waals surface area contributed by atoms with Crippen molar-refractivity contribution in [2.45, 2.75) is 56.2 Å². The molecule has 1 saturated heterocycles. The maximum absolute atomic E-state index is 11.8. The first-order valence-electron chi connectivity index (χ1n) is 7.17. The van der Waals surface area contributed by atoms with E-state index in [0.717, 1.165) is 24.5 Å². The molecule has 1 heterocycles. The zero-order valence-corrected chi connectivity index (χ0v) is 13.5. The van der Waals surface area contributed by atoms with Gasteiger partial charge in [0.15, 0.2) is 0 Å². The monoisotopic (exact) mass is 336 g/mol. The predicted molar refractivity (Wildman–Crippen MR) is 85.3 cm³/mol. The molecule has 0 aromatic carbocycles. The molecule has 2 atom stereocenters. The first-order chi connectivity index (χ1) is 10.0. The highest BCUT2D eigenvalue weighted by atomic mass is 33.1. The molecule has 1 fully saturated rings. The number of hydroxylamine groups is 2. The lowest BCUT2D eigenvalue weighted by Gasteiger charge is -2.34. The van der Waals surface area contributed by atoms with Gasteiger partial charge in [-0.3, -0.25) is 9.59 Å². The molecule has 1 aliphatic rings. The van der Waals surface area contributed by atoms with Crippen LogP contribution >= 0.6 is 21.6 Å². The van der Waals surface area contributed by atoms with E-state index in [1.807, 2.05) is 21.6 Å². The first-order valence-corrected chi connectivity index (χ1v) is 9.55. The Balaban J connectivity index is 2.15. The molecule has 21 heavy (non-hydrogen) atoms. The average Bonchev–Trinajstić information content (AvgIpc) is 2.90. The molecule has 0 bridgehead atoms. The number of rotatable bonds is 11. The molecule has 6 nitrogen and oxygen atoms in total. The van der Waals surface area contributed by atoms with Crippen LogP contribution < -0.4 is 0 Å². The molecule has 0 spiro atoms. The quantitative estimate of drug-likeness (QED) is 0.337. The minimum atomic E-state index is -1.25. The summed E-state index contributed by atoms with van der Waals surface area (Å²) in [4.78, 5) is 21.4. The Morgan fingerprint density at radius 3 is 2.62 bits per heavy atom. The summed E-state index contributed by atoms with van der Waals surface area (Å²) in [7, 11) is 3.85. The summed E-state index contributed by atoms with van der Waals surface area (Å²) in [5.41, 5.74) is 0. The van der Waals surface area contributed by atoms with E-state index >= 15 is 0 Å². The molecule has 0 radical (unpaired) electrons. The third-order valence-corrected chi connectivity index (χ3v) is 6.40. The highest BCUT2D eigenvalue weighted by Gasteiger charge is 2.20. The second kappa shape index (κ2) is 10.3. The number of hydrogen-bond acceptors (Lipinski definition) is 6. The van der Waals surface area contributed by atoms with Crippen LogP contribution in [0.15, 0.2) is 0 Å². The van der Waals surface area contributed by atoms with Gasteiger partial charge in [-0.05, 0) is 32.2 Å². The lowest BCUT2D eigenvalue weighted by molar-refractivity contribution is -0.143. The fourth-order valence-electron chi connectivity index (χ4n) is 2.19. The Hall–Kier alpha value is -0.440. The molecule has 2 N–H and O–H groups in total. The summed E-state index contributed by atoms with van der Waals surface area (Å²) in [6, 6.07) is -1.25. The Morgan fingerprint density at radius 2 is 2.05 bits per heavy atom. The number of aliphatic carboxylic acids is 2. The summed E-state index contributed by atoms with van der Waals surface area (Å²) >= 11 is 0. The first kappa shape index (κ1) is 18.6. The van der Waals surface area contributed by atoms with Gasteiger partial charge in [-0.15, -0.1) is 0 Å². The fourth-order valence-corrected chi connectivity index (χ4v) is 5.22. The van der Waals surface area contributed by atoms with Crippen LogP contribution in [0.5, 0.6) is 0 Å². The molecule has 0 aliphatic carbocycles. The zero-order chi connectivity index (χ0) is 15.7. The molecule has 0 saturated carbocycles. The van der Waals surface area contributed by atoms with E-state index in [-0.39, 0.29) is 19.4 Å². The van der Waals surface area contributed by atoms with Crippen LogP contribution in [0.1, 0.15) is 44.9 Å². The van der Waals surface area contributed by atoms with Gasteiger partial charge in [-0.1, -0.05) is 34.4 Å². The van der Waals surface area contributed by atoms with Crippen molar-refractivity contribution in [3.63, 3.8) is 0 Å². The van der Waals surface area contributed by atoms with Crippen molar-refractivity contribution in [3.8, 4) is 0 Å². The van der Waals surface area contributed by atoms with Gasteiger partial charge in [0.1, 0.15) is 0 Å². The number of nitrogens with zero attached hydrogens (tertiary/aromatic N) is 1. The van der Waals surface area contributed by atoms with E-state index < -0.39 is 18.0 Å². The van der Waals surface area contributed by atoms with Crippen molar-refractivity contribution in [1.29, 1.82) is 0 Å². The number of carboxylic acid groups (broad SMARTS) is 2. The van der Waals surface area contributed by atoms with Gasteiger partial charge >= 0.3 is 11.9 Å². The van der Waals surface area contributed by atoms with Gasteiger partial charge < -0.3 is 20.5 Å². The van der Waals surface area contributed by atoms with Gasteiger partial charge in [0.25, 0.3) is 0 Å². The van der Waals surface area contributed by atoms with Crippen molar-refractivity contribution >= 4 is 33.5 Å². The maximum atomic E-state index is 11.8. The minimum Gasteiger partial charge on any atom is -0.785 e. The van der Waals surface area contributed by atoms with E-state index in [2.05, 4.69) is 0 Å². The topological polar surface area (TPSA) is 101 Å². The predicted octanol–water partition coefficient (Wildman–Crippen LogP) is 2.82. The standard InChI is InChI=1S/C13H22NO5S2/c15-12(16)6-5-11(13(17)18)14(19)8-3-1-2-4-10-7-9-20-21-10/h10-11H,1-9H2,(H,15,16)(H,17,18)/q-1/t10-,11?/m1/s1. The van der Waals surface area contributed by atoms with Gasteiger partial charge in [0.05, 0.1) is 6.04 Å². The maximum Gasteiger partial charge on any atom is 0.319 e. The van der Waals surface area contributed by atoms with E-state index in [1.54, 1.807) is 0 Å². The van der Waals surface area contributed by atoms with Crippen LogP contribution in [-0.4, -0.2) is 50.8 Å². The number of unbranched alkanes of at least 4 members (excludes halogenated alkanes) is 2. The molecule has 122 valence electrons. The van der Waals surface area contributed by atoms with Crippen LogP contribution in [0.2, 0.25) is 0 Å². The second-order valence-corrected chi connectivity index (χ2v) is 7.89. The molecule has 8 heteroatoms. The highest BCUT2D eigenvalue weighted by molar-refractivity contribution is 8.77. The molecule has 0 aromatic heterocycles. The third kappa shape index (κ3) is 7.94. The lowest BCUT2D eigenvalue weighted by Crippen LogP contribution is -2.38. The Labute approximate surface area is 132 Å². The molecule has 0 aromatic rings. The van der Waals surface area contributed by atoms with E-state index in [0.29, 0.717) is 11.5 Å². The van der Waals surface area contributed by atoms with Crippen LogP contribution in [0.3, 0.4) is 0 Å². The van der Waals surface area contributed by atoms with Crippen LogP contribution in [0.25, 0.3) is 0 Å². The summed E-state index contributed by atoms with van der Waals surface area (Å²) in [5, 5.41) is 30.5. The second-order valence-electron chi connectivity index (χ2n) is 5.11. The summed E-state index contributed by atoms with van der Waals surface area (Å²) in [6.45, 7) is 0.156. The Bertz CT molecular complexity index is 337. The van der Waals surface area contributed by atoms with Crippen molar-refractivity contribution in [2.75, 3.05) is 12.3 Å². The van der Waals surface area contributed by atoms with Gasteiger partial charge in [0.2, 0.25) is 0 Å². The SMILES string of the molecule is O=C(O)CCC(C(=O)O)N([O-])CCCCC[C@@H]1CCSS1. The smallest absolute Gasteiger partial charge is 0.319 e. The molecular formula is C13H22NO5S2-. The summed E-state index contributed by atoms with van der Waals surface area (Å²) < 4.78 is 0. The average molecular weight is 336 g/mol. The van der Waals surface area contributed by atoms with Gasteiger partial charge in [0, 0.05) is 17.4 Å².